The predicted octanol–water partition coefficient (Wildman–Crippen LogP) is 0.821. The molecule has 2 amide bonds. The number of aliphatic carboxylic acids is 1. The third kappa shape index (κ3) is 3.92. The number of thiazole rings is 1. The fraction of sp³-hybridized carbons (Fsp3) is 0.421. The molecule has 0 spiro atoms. The van der Waals surface area contributed by atoms with Gasteiger partial charge >= 0.3 is 5.97 Å². The van der Waals surface area contributed by atoms with Crippen molar-refractivity contribution in [2.45, 2.75) is 30.4 Å². The van der Waals surface area contributed by atoms with Gasteiger partial charge in [0.1, 0.15) is 28.6 Å². The lowest BCUT2D eigenvalue weighted by atomic mass is 9.87. The number of nitrogens with two attached hydrogens (primary N) is 1. The molecule has 2 fully saturated rings. The standard InChI is InChI=1S/C19H21N5O5S2/c1-2-19(17(27)28)8-24-15(26)13(16(24)31-9-19)22-14(25)12(11-7-30-18(20)21-11)23-29-10-5-3-4-6-10/h2-3,5,7,10,13,16H,1,4,6,8-9H2,(H2,20,21)(H,22,25)(H,27,28)/t10?,13?,16-,19?/m1/s1. The molecule has 0 saturated carbocycles. The molecule has 2 saturated heterocycles. The zero-order valence-electron chi connectivity index (χ0n) is 16.4. The van der Waals surface area contributed by atoms with Crippen LogP contribution in [-0.2, 0) is 19.2 Å². The van der Waals surface area contributed by atoms with Crippen LogP contribution >= 0.6 is 23.1 Å². The van der Waals surface area contributed by atoms with Crippen LogP contribution in [0.25, 0.3) is 0 Å². The Morgan fingerprint density at radius 2 is 2.32 bits per heavy atom. The molecular weight excluding hydrogens is 442 g/mol. The van der Waals surface area contributed by atoms with Crippen molar-refractivity contribution in [3.63, 3.8) is 0 Å². The molecule has 12 heteroatoms. The molecule has 3 unspecified atom stereocenters. The lowest BCUT2D eigenvalue weighted by molar-refractivity contribution is -0.156. The van der Waals surface area contributed by atoms with E-state index in [9.17, 15) is 19.5 Å². The van der Waals surface area contributed by atoms with E-state index in [4.69, 9.17) is 10.6 Å². The summed E-state index contributed by atoms with van der Waals surface area (Å²) in [6.45, 7) is 3.64. The Bertz CT molecular complexity index is 992. The van der Waals surface area contributed by atoms with Gasteiger partial charge in [0.25, 0.3) is 5.91 Å². The molecule has 1 aromatic rings. The number of rotatable bonds is 7. The maximum absolute atomic E-state index is 13.0. The van der Waals surface area contributed by atoms with E-state index in [1.165, 1.54) is 22.7 Å². The third-order valence-electron chi connectivity index (χ3n) is 5.44. The number of carboxylic acids is 1. The Kier molecular flexibility index (Phi) is 5.75. The first-order valence-corrected chi connectivity index (χ1v) is 11.5. The molecule has 1 aromatic heterocycles. The average Bonchev–Trinajstić information content (AvgIpc) is 3.43. The summed E-state index contributed by atoms with van der Waals surface area (Å²) in [4.78, 5) is 48.3. The number of carbonyl (C=O) groups excluding carboxylic acids is 2. The first-order chi connectivity index (χ1) is 14.8. The minimum atomic E-state index is -1.20. The summed E-state index contributed by atoms with van der Waals surface area (Å²) < 4.78 is 0. The fourth-order valence-corrected chi connectivity index (χ4v) is 5.64. The van der Waals surface area contributed by atoms with Crippen molar-refractivity contribution in [2.75, 3.05) is 18.0 Å². The number of allylic oxidation sites excluding steroid dienone is 1. The number of β-lactam (4-membered cyclic amide) rings is 1. The Morgan fingerprint density at radius 1 is 1.52 bits per heavy atom. The van der Waals surface area contributed by atoms with Crippen molar-refractivity contribution < 1.29 is 24.3 Å². The number of nitrogen functional groups attached to an aromatic ring is 1. The molecular formula is C19H21N5O5S2. The summed E-state index contributed by atoms with van der Waals surface area (Å²) >= 11 is 2.46. The normalized spacial score (nSPS) is 29.8. The van der Waals surface area contributed by atoms with E-state index in [0.717, 1.165) is 24.2 Å². The molecule has 4 rings (SSSR count). The van der Waals surface area contributed by atoms with Gasteiger partial charge in [-0.05, 0) is 18.9 Å². The van der Waals surface area contributed by atoms with Gasteiger partial charge in [-0.1, -0.05) is 17.3 Å². The lowest BCUT2D eigenvalue weighted by Gasteiger charge is -2.53. The van der Waals surface area contributed by atoms with E-state index in [0.29, 0.717) is 0 Å². The SMILES string of the molecule is C=CC1(C(=O)O)CS[C@@H]2C(NC(=O)C(=NOC3C=CCC3)c3csc(N)n3)C(=O)N2C1. The van der Waals surface area contributed by atoms with Crippen LogP contribution in [0.15, 0.2) is 35.3 Å². The van der Waals surface area contributed by atoms with Crippen LogP contribution in [0, 0.1) is 5.41 Å². The number of nitrogens with zero attached hydrogens (tertiary/aromatic N) is 3. The number of thioether (sulfide) groups is 1. The number of aromatic nitrogens is 1. The van der Waals surface area contributed by atoms with Crippen LogP contribution in [0.4, 0.5) is 5.13 Å². The Labute approximate surface area is 186 Å². The van der Waals surface area contributed by atoms with Gasteiger partial charge in [-0.3, -0.25) is 14.4 Å². The summed E-state index contributed by atoms with van der Waals surface area (Å²) in [7, 11) is 0. The largest absolute Gasteiger partial charge is 0.481 e. The van der Waals surface area contributed by atoms with Gasteiger partial charge in [-0.2, -0.15) is 0 Å². The van der Waals surface area contributed by atoms with E-state index in [2.05, 4.69) is 22.0 Å². The van der Waals surface area contributed by atoms with Gasteiger partial charge in [0.15, 0.2) is 10.8 Å². The molecule has 0 aromatic carbocycles. The van der Waals surface area contributed by atoms with E-state index in [1.54, 1.807) is 5.38 Å². The van der Waals surface area contributed by atoms with Gasteiger partial charge < -0.3 is 25.9 Å². The number of hydrogen-bond acceptors (Lipinski definition) is 9. The van der Waals surface area contributed by atoms with Crippen molar-refractivity contribution in [2.24, 2.45) is 10.6 Å². The van der Waals surface area contributed by atoms with Crippen LogP contribution in [-0.4, -0.2) is 68.3 Å². The van der Waals surface area contributed by atoms with Gasteiger partial charge in [-0.15, -0.1) is 29.7 Å². The highest BCUT2D eigenvalue weighted by atomic mass is 32.2. The Hall–Kier alpha value is -2.86. The summed E-state index contributed by atoms with van der Waals surface area (Å²) in [6, 6.07) is -0.790. The molecule has 0 radical (unpaired) electrons. The average molecular weight is 464 g/mol. The van der Waals surface area contributed by atoms with E-state index < -0.39 is 23.3 Å². The van der Waals surface area contributed by atoms with Crippen molar-refractivity contribution >= 4 is 51.7 Å². The monoisotopic (exact) mass is 463 g/mol. The highest BCUT2D eigenvalue weighted by Crippen LogP contribution is 2.42. The second-order valence-corrected chi connectivity index (χ2v) is 9.44. The maximum Gasteiger partial charge on any atom is 0.316 e. The quantitative estimate of drug-likeness (QED) is 0.233. The minimum absolute atomic E-state index is 0.0232. The summed E-state index contributed by atoms with van der Waals surface area (Å²) in [6.07, 6.45) is 6.62. The molecule has 4 atom stereocenters. The second kappa shape index (κ2) is 8.35. The highest BCUT2D eigenvalue weighted by molar-refractivity contribution is 8.00. The van der Waals surface area contributed by atoms with Crippen molar-refractivity contribution in [1.29, 1.82) is 0 Å². The molecule has 3 heterocycles. The number of oxime groups is 1. The number of anilines is 1. The zero-order valence-corrected chi connectivity index (χ0v) is 18.0. The summed E-state index contributed by atoms with van der Waals surface area (Å²) in [5, 5.41) is 17.7. The van der Waals surface area contributed by atoms with Crippen molar-refractivity contribution in [3.8, 4) is 0 Å². The smallest absolute Gasteiger partial charge is 0.316 e. The van der Waals surface area contributed by atoms with Crippen LogP contribution in [0.1, 0.15) is 18.5 Å². The first kappa shape index (κ1) is 21.4. The topological polar surface area (TPSA) is 147 Å². The van der Waals surface area contributed by atoms with Crippen LogP contribution in [0.5, 0.6) is 0 Å². The summed E-state index contributed by atoms with van der Waals surface area (Å²) in [5.74, 6) is -1.73. The zero-order chi connectivity index (χ0) is 22.2. The molecule has 31 heavy (non-hydrogen) atoms. The fourth-order valence-electron chi connectivity index (χ4n) is 3.56. The molecule has 2 aliphatic heterocycles. The number of hydrogen-bond donors (Lipinski definition) is 3. The van der Waals surface area contributed by atoms with Crippen LogP contribution < -0.4 is 11.1 Å². The Balaban J connectivity index is 1.47. The molecule has 1 aliphatic carbocycles. The Morgan fingerprint density at radius 3 is 2.94 bits per heavy atom. The molecule has 3 aliphatic rings. The predicted molar refractivity (Wildman–Crippen MR) is 116 cm³/mol. The number of nitrogens with one attached hydrogen (secondary N) is 1. The van der Waals surface area contributed by atoms with Crippen LogP contribution in [0.3, 0.4) is 0 Å². The molecule has 164 valence electrons. The van der Waals surface area contributed by atoms with E-state index in [-0.39, 0.29) is 46.2 Å². The number of carbonyl (C=O) groups is 3. The minimum Gasteiger partial charge on any atom is -0.481 e. The maximum atomic E-state index is 13.0. The van der Waals surface area contributed by atoms with E-state index >= 15 is 0 Å². The van der Waals surface area contributed by atoms with Gasteiger partial charge in [0, 0.05) is 17.7 Å². The number of amides is 2. The van der Waals surface area contributed by atoms with E-state index in [1.807, 2.05) is 12.2 Å². The number of carboxylic acid groups (broad SMARTS) is 1. The third-order valence-corrected chi connectivity index (χ3v) is 7.66. The highest BCUT2D eigenvalue weighted by Gasteiger charge is 2.56. The van der Waals surface area contributed by atoms with Gasteiger partial charge in [0.05, 0.1) is 0 Å². The second-order valence-electron chi connectivity index (χ2n) is 7.44. The van der Waals surface area contributed by atoms with Crippen molar-refractivity contribution in [3.05, 3.63) is 35.9 Å². The number of fused-ring (bicyclic) bond motifs is 1. The molecule has 4 N–H and O–H groups in total. The van der Waals surface area contributed by atoms with Crippen LogP contribution in [0.2, 0.25) is 0 Å². The summed E-state index contributed by atoms with van der Waals surface area (Å²) in [5.41, 5.74) is 4.70. The van der Waals surface area contributed by atoms with Gasteiger partial charge in [0.2, 0.25) is 5.91 Å². The molecule has 10 nitrogen and oxygen atoms in total. The van der Waals surface area contributed by atoms with Crippen molar-refractivity contribution in [1.82, 2.24) is 15.2 Å². The molecule has 0 bridgehead atoms. The lowest BCUT2D eigenvalue weighted by Crippen LogP contribution is -2.73. The first-order valence-electron chi connectivity index (χ1n) is 9.56. The van der Waals surface area contributed by atoms with Gasteiger partial charge in [-0.25, -0.2) is 4.98 Å².